The van der Waals surface area contributed by atoms with Gasteiger partial charge in [0, 0.05) is 32.0 Å². The number of hydrogen-bond donors (Lipinski definition) is 1. The van der Waals surface area contributed by atoms with Gasteiger partial charge in [-0.1, -0.05) is 17.7 Å². The van der Waals surface area contributed by atoms with E-state index >= 15 is 0 Å². The van der Waals surface area contributed by atoms with E-state index in [1.165, 1.54) is 4.88 Å². The monoisotopic (exact) mass is 301 g/mol. The Balaban J connectivity index is 1.99. The van der Waals surface area contributed by atoms with Crippen LogP contribution >= 0.6 is 38.9 Å². The van der Waals surface area contributed by atoms with Crippen molar-refractivity contribution in [3.8, 4) is 0 Å². The van der Waals surface area contributed by atoms with E-state index in [0.29, 0.717) is 0 Å². The Morgan fingerprint density at radius 2 is 2.20 bits per heavy atom. The van der Waals surface area contributed by atoms with Crippen LogP contribution in [0.4, 0.5) is 5.69 Å². The highest BCUT2D eigenvalue weighted by Crippen LogP contribution is 2.21. The largest absolute Gasteiger partial charge is 0.380 e. The highest BCUT2D eigenvalue weighted by Gasteiger charge is 1.98. The molecular formula is C11H9BrClNS. The van der Waals surface area contributed by atoms with Crippen LogP contribution in [0.3, 0.4) is 0 Å². The molecule has 0 aliphatic heterocycles. The van der Waals surface area contributed by atoms with Crippen molar-refractivity contribution < 1.29 is 0 Å². The molecule has 2 rings (SSSR count). The zero-order chi connectivity index (χ0) is 10.7. The summed E-state index contributed by atoms with van der Waals surface area (Å²) in [6, 6.07) is 9.85. The second kappa shape index (κ2) is 5.01. The highest BCUT2D eigenvalue weighted by atomic mass is 79.9. The van der Waals surface area contributed by atoms with Crippen LogP contribution < -0.4 is 5.32 Å². The maximum atomic E-state index is 5.89. The fourth-order valence-corrected chi connectivity index (χ4v) is 2.82. The van der Waals surface area contributed by atoms with Crippen molar-refractivity contribution in [1.82, 2.24) is 0 Å². The topological polar surface area (TPSA) is 12.0 Å². The van der Waals surface area contributed by atoms with Crippen LogP contribution in [-0.4, -0.2) is 0 Å². The molecule has 4 heteroatoms. The van der Waals surface area contributed by atoms with Crippen molar-refractivity contribution >= 4 is 44.6 Å². The lowest BCUT2D eigenvalue weighted by Crippen LogP contribution is -1.96. The van der Waals surface area contributed by atoms with Gasteiger partial charge in [0.1, 0.15) is 0 Å². The standard InChI is InChI=1S/C11H9BrClNS/c12-8-4-11(15-7-8)6-14-10-3-1-2-9(13)5-10/h1-5,7,14H,6H2. The number of thiophene rings is 1. The predicted octanol–water partition coefficient (Wildman–Crippen LogP) is 4.78. The van der Waals surface area contributed by atoms with Gasteiger partial charge in [0.15, 0.2) is 0 Å². The third kappa shape index (κ3) is 3.23. The van der Waals surface area contributed by atoms with Gasteiger partial charge in [-0.15, -0.1) is 11.3 Å². The zero-order valence-electron chi connectivity index (χ0n) is 7.84. The van der Waals surface area contributed by atoms with Crippen molar-refractivity contribution in [3.63, 3.8) is 0 Å². The average molecular weight is 303 g/mol. The van der Waals surface area contributed by atoms with E-state index in [1.54, 1.807) is 11.3 Å². The molecule has 78 valence electrons. The quantitative estimate of drug-likeness (QED) is 0.860. The molecule has 1 aromatic heterocycles. The van der Waals surface area contributed by atoms with Crippen molar-refractivity contribution in [3.05, 3.63) is 50.1 Å². The van der Waals surface area contributed by atoms with Crippen LogP contribution in [-0.2, 0) is 6.54 Å². The Hall–Kier alpha value is -0.510. The molecule has 0 saturated heterocycles. The second-order valence-corrected chi connectivity index (χ2v) is 5.44. The number of hydrogen-bond acceptors (Lipinski definition) is 2. The van der Waals surface area contributed by atoms with Crippen LogP contribution in [0.25, 0.3) is 0 Å². The summed E-state index contributed by atoms with van der Waals surface area (Å²) in [7, 11) is 0. The van der Waals surface area contributed by atoms with Crippen molar-refractivity contribution in [2.24, 2.45) is 0 Å². The summed E-state index contributed by atoms with van der Waals surface area (Å²) in [4.78, 5) is 1.29. The Labute approximate surface area is 106 Å². The van der Waals surface area contributed by atoms with Gasteiger partial charge in [0.25, 0.3) is 0 Å². The number of halogens is 2. The molecular weight excluding hydrogens is 294 g/mol. The first-order valence-electron chi connectivity index (χ1n) is 4.46. The molecule has 1 N–H and O–H groups in total. The lowest BCUT2D eigenvalue weighted by Gasteiger charge is -2.04. The van der Waals surface area contributed by atoms with Crippen LogP contribution in [0.2, 0.25) is 5.02 Å². The molecule has 1 heterocycles. The Morgan fingerprint density at radius 3 is 2.87 bits per heavy atom. The molecule has 0 aliphatic rings. The van der Waals surface area contributed by atoms with Gasteiger partial charge in [-0.2, -0.15) is 0 Å². The van der Waals surface area contributed by atoms with Gasteiger partial charge >= 0.3 is 0 Å². The summed E-state index contributed by atoms with van der Waals surface area (Å²) >= 11 is 11.0. The summed E-state index contributed by atoms with van der Waals surface area (Å²) in [6.45, 7) is 0.830. The summed E-state index contributed by atoms with van der Waals surface area (Å²) in [5.74, 6) is 0. The predicted molar refractivity (Wildman–Crippen MR) is 70.8 cm³/mol. The van der Waals surface area contributed by atoms with E-state index < -0.39 is 0 Å². The molecule has 0 unspecified atom stereocenters. The number of nitrogens with one attached hydrogen (secondary N) is 1. The van der Waals surface area contributed by atoms with E-state index in [4.69, 9.17) is 11.6 Å². The fraction of sp³-hybridized carbons (Fsp3) is 0.0909. The Kier molecular flexibility index (Phi) is 3.67. The zero-order valence-corrected chi connectivity index (χ0v) is 11.0. The first-order chi connectivity index (χ1) is 7.24. The number of anilines is 1. The van der Waals surface area contributed by atoms with Crippen LogP contribution in [0.15, 0.2) is 40.2 Å². The van der Waals surface area contributed by atoms with Gasteiger partial charge in [0.2, 0.25) is 0 Å². The molecule has 0 fully saturated rings. The molecule has 0 atom stereocenters. The summed E-state index contributed by atoms with van der Waals surface area (Å²) in [6.07, 6.45) is 0. The third-order valence-electron chi connectivity index (χ3n) is 1.91. The van der Waals surface area contributed by atoms with Gasteiger partial charge < -0.3 is 5.32 Å². The maximum Gasteiger partial charge on any atom is 0.0494 e. The van der Waals surface area contributed by atoms with Gasteiger partial charge in [-0.3, -0.25) is 0 Å². The molecule has 0 saturated carbocycles. The minimum atomic E-state index is 0.757. The molecule has 0 spiro atoms. The first kappa shape index (κ1) is 11.0. The van der Waals surface area contributed by atoms with E-state index in [0.717, 1.165) is 21.7 Å². The SMILES string of the molecule is Clc1cccc(NCc2cc(Br)cs2)c1. The lowest BCUT2D eigenvalue weighted by molar-refractivity contribution is 1.19. The van der Waals surface area contributed by atoms with E-state index in [9.17, 15) is 0 Å². The summed E-state index contributed by atoms with van der Waals surface area (Å²) in [5, 5.41) is 6.16. The van der Waals surface area contributed by atoms with Crippen molar-refractivity contribution in [1.29, 1.82) is 0 Å². The van der Waals surface area contributed by atoms with E-state index in [2.05, 4.69) is 32.7 Å². The Bertz CT molecular complexity index is 455. The molecule has 0 amide bonds. The maximum absolute atomic E-state index is 5.89. The first-order valence-corrected chi connectivity index (χ1v) is 6.51. The molecule has 2 aromatic rings. The molecule has 0 bridgehead atoms. The molecule has 0 aliphatic carbocycles. The van der Waals surface area contributed by atoms with E-state index in [1.807, 2.05) is 24.3 Å². The normalized spacial score (nSPS) is 10.3. The molecule has 1 nitrogen and oxygen atoms in total. The van der Waals surface area contributed by atoms with Gasteiger partial charge in [-0.25, -0.2) is 0 Å². The third-order valence-corrected chi connectivity index (χ3v) is 3.85. The van der Waals surface area contributed by atoms with Crippen LogP contribution in [0.5, 0.6) is 0 Å². The van der Waals surface area contributed by atoms with Crippen LogP contribution in [0.1, 0.15) is 4.88 Å². The number of benzene rings is 1. The van der Waals surface area contributed by atoms with Crippen molar-refractivity contribution in [2.45, 2.75) is 6.54 Å². The molecule has 0 radical (unpaired) electrons. The summed E-state index contributed by atoms with van der Waals surface area (Å²) < 4.78 is 1.13. The van der Waals surface area contributed by atoms with Gasteiger partial charge in [-0.05, 0) is 40.2 Å². The summed E-state index contributed by atoms with van der Waals surface area (Å²) in [5.41, 5.74) is 1.05. The molecule has 1 aromatic carbocycles. The average Bonchev–Trinajstić information content (AvgIpc) is 2.62. The molecule has 15 heavy (non-hydrogen) atoms. The number of rotatable bonds is 3. The minimum Gasteiger partial charge on any atom is -0.380 e. The fourth-order valence-electron chi connectivity index (χ4n) is 1.23. The smallest absolute Gasteiger partial charge is 0.0494 e. The highest BCUT2D eigenvalue weighted by molar-refractivity contribution is 9.10. The van der Waals surface area contributed by atoms with Crippen LogP contribution in [0, 0.1) is 0 Å². The van der Waals surface area contributed by atoms with E-state index in [-0.39, 0.29) is 0 Å². The minimum absolute atomic E-state index is 0.757. The second-order valence-electron chi connectivity index (χ2n) is 3.10. The van der Waals surface area contributed by atoms with Gasteiger partial charge in [0.05, 0.1) is 0 Å². The Morgan fingerprint density at radius 1 is 1.33 bits per heavy atom. The van der Waals surface area contributed by atoms with Crippen molar-refractivity contribution in [2.75, 3.05) is 5.32 Å². The lowest BCUT2D eigenvalue weighted by atomic mass is 10.3.